The Bertz CT molecular complexity index is 902. The van der Waals surface area contributed by atoms with Gasteiger partial charge in [-0.3, -0.25) is 14.3 Å². The fourth-order valence-corrected chi connectivity index (χ4v) is 4.55. The maximum Gasteiger partial charge on any atom is 0.250 e. The molecular weight excluding hydrogens is 382 g/mol. The number of hydrogen-bond acceptors (Lipinski definition) is 5. The summed E-state index contributed by atoms with van der Waals surface area (Å²) < 4.78 is 9.55. The molecule has 0 aliphatic carbocycles. The number of ether oxygens (including phenoxy) is 1. The van der Waals surface area contributed by atoms with Gasteiger partial charge in [-0.1, -0.05) is 12.5 Å². The van der Waals surface area contributed by atoms with Crippen LogP contribution in [0.3, 0.4) is 0 Å². The molecule has 2 saturated heterocycles. The summed E-state index contributed by atoms with van der Waals surface area (Å²) >= 11 is 0. The van der Waals surface area contributed by atoms with Gasteiger partial charge in [0, 0.05) is 57.1 Å². The molecule has 0 aromatic carbocycles. The number of morpholine rings is 1. The van der Waals surface area contributed by atoms with Crippen molar-refractivity contribution in [2.75, 3.05) is 32.8 Å². The molecule has 30 heavy (non-hydrogen) atoms. The summed E-state index contributed by atoms with van der Waals surface area (Å²) in [5, 5.41) is 4.34. The highest BCUT2D eigenvalue weighted by atomic mass is 16.5. The van der Waals surface area contributed by atoms with E-state index in [-0.39, 0.29) is 30.0 Å². The number of pyridine rings is 1. The van der Waals surface area contributed by atoms with Crippen molar-refractivity contribution in [1.29, 1.82) is 0 Å². The second-order valence-electron chi connectivity index (χ2n) is 8.23. The molecule has 2 atom stereocenters. The van der Waals surface area contributed by atoms with Crippen LogP contribution in [-0.2, 0) is 23.1 Å². The minimum absolute atomic E-state index is 0.0477. The Labute approximate surface area is 177 Å². The van der Waals surface area contributed by atoms with Crippen LogP contribution in [0.4, 0.5) is 0 Å². The van der Waals surface area contributed by atoms with Crippen molar-refractivity contribution in [3.05, 3.63) is 52.7 Å². The number of piperidine rings is 1. The zero-order chi connectivity index (χ0) is 20.9. The molecule has 8 nitrogen and oxygen atoms in total. The van der Waals surface area contributed by atoms with Gasteiger partial charge in [0.25, 0.3) is 5.56 Å². The number of hydrogen-bond donors (Lipinski definition) is 0. The van der Waals surface area contributed by atoms with E-state index >= 15 is 0 Å². The van der Waals surface area contributed by atoms with Crippen molar-refractivity contribution in [2.24, 2.45) is 7.05 Å². The molecule has 0 bridgehead atoms. The zero-order valence-corrected chi connectivity index (χ0v) is 17.7. The molecule has 0 saturated carbocycles. The van der Waals surface area contributed by atoms with Crippen LogP contribution in [0.2, 0.25) is 0 Å². The van der Waals surface area contributed by atoms with Gasteiger partial charge < -0.3 is 19.1 Å². The van der Waals surface area contributed by atoms with Crippen LogP contribution in [0.15, 0.2) is 41.6 Å². The number of amides is 1. The highest BCUT2D eigenvalue weighted by molar-refractivity contribution is 5.77. The molecule has 0 spiro atoms. The molecule has 2 fully saturated rings. The normalized spacial score (nSPS) is 22.9. The molecule has 8 heteroatoms. The van der Waals surface area contributed by atoms with Gasteiger partial charge in [-0.25, -0.2) is 0 Å². The fraction of sp³-hybridized carbons (Fsp3) is 0.591. The van der Waals surface area contributed by atoms with Gasteiger partial charge in [0.1, 0.15) is 0 Å². The summed E-state index contributed by atoms with van der Waals surface area (Å²) in [7, 11) is 1.89. The van der Waals surface area contributed by atoms with Crippen LogP contribution in [0.25, 0.3) is 0 Å². The first kappa shape index (κ1) is 20.8. The molecule has 4 heterocycles. The molecular formula is C22H31N5O3. The second-order valence-corrected chi connectivity index (χ2v) is 8.23. The van der Waals surface area contributed by atoms with E-state index in [0.717, 1.165) is 25.2 Å². The number of likely N-dealkylation sites (tertiary alicyclic amines) is 1. The summed E-state index contributed by atoms with van der Waals surface area (Å²) in [6.45, 7) is 4.47. The molecule has 162 valence electrons. The lowest BCUT2D eigenvalue weighted by Gasteiger charge is -2.43. The van der Waals surface area contributed by atoms with Crippen LogP contribution >= 0.6 is 0 Å². The Kier molecular flexibility index (Phi) is 6.64. The van der Waals surface area contributed by atoms with Crippen LogP contribution in [-0.4, -0.2) is 68.9 Å². The molecule has 2 aliphatic heterocycles. The largest absolute Gasteiger partial charge is 0.373 e. The number of nitrogens with zero attached hydrogens (tertiary/aromatic N) is 5. The SMILES string of the molecule is Cn1cc([C@H]2[C@H](CN3CCCCC3)OCCN2C(=O)CCn2ccccc2=O)cn1. The summed E-state index contributed by atoms with van der Waals surface area (Å²) in [4.78, 5) is 29.6. The van der Waals surface area contributed by atoms with E-state index in [1.165, 1.54) is 25.3 Å². The van der Waals surface area contributed by atoms with E-state index in [2.05, 4.69) is 10.00 Å². The quantitative estimate of drug-likeness (QED) is 0.716. The lowest BCUT2D eigenvalue weighted by Crippen LogP contribution is -2.52. The number of carbonyl (C=O) groups excluding carboxylic acids is 1. The van der Waals surface area contributed by atoms with Gasteiger partial charge in [0.05, 0.1) is 24.9 Å². The summed E-state index contributed by atoms with van der Waals surface area (Å²) in [5.74, 6) is 0.0477. The Morgan fingerprint density at radius 3 is 2.77 bits per heavy atom. The van der Waals surface area contributed by atoms with Crippen molar-refractivity contribution < 1.29 is 9.53 Å². The van der Waals surface area contributed by atoms with Crippen molar-refractivity contribution in [3.63, 3.8) is 0 Å². The minimum atomic E-state index is -0.158. The lowest BCUT2D eigenvalue weighted by atomic mass is 9.99. The molecule has 0 radical (unpaired) electrons. The van der Waals surface area contributed by atoms with Crippen LogP contribution in [0.5, 0.6) is 0 Å². The van der Waals surface area contributed by atoms with Crippen molar-refractivity contribution >= 4 is 5.91 Å². The molecule has 2 aromatic rings. The fourth-order valence-electron chi connectivity index (χ4n) is 4.55. The first-order valence-corrected chi connectivity index (χ1v) is 10.9. The Morgan fingerprint density at radius 2 is 2.03 bits per heavy atom. The highest BCUT2D eigenvalue weighted by Crippen LogP contribution is 2.31. The number of rotatable bonds is 6. The lowest BCUT2D eigenvalue weighted by molar-refractivity contribution is -0.149. The Balaban J connectivity index is 1.51. The van der Waals surface area contributed by atoms with Crippen LogP contribution in [0, 0.1) is 0 Å². The number of aryl methyl sites for hydroxylation is 2. The molecule has 0 unspecified atom stereocenters. The molecule has 1 amide bonds. The highest BCUT2D eigenvalue weighted by Gasteiger charge is 2.38. The summed E-state index contributed by atoms with van der Waals surface area (Å²) in [6, 6.07) is 4.89. The first-order chi connectivity index (χ1) is 14.6. The minimum Gasteiger partial charge on any atom is -0.373 e. The topological polar surface area (TPSA) is 72.6 Å². The van der Waals surface area contributed by atoms with E-state index in [0.29, 0.717) is 19.7 Å². The third-order valence-electron chi connectivity index (χ3n) is 6.09. The third kappa shape index (κ3) is 4.82. The van der Waals surface area contributed by atoms with Gasteiger partial charge in [0.2, 0.25) is 5.91 Å². The van der Waals surface area contributed by atoms with E-state index in [9.17, 15) is 9.59 Å². The Hall–Kier alpha value is -2.45. The molecule has 0 N–H and O–H groups in total. The average molecular weight is 414 g/mol. The van der Waals surface area contributed by atoms with Gasteiger partial charge in [-0.05, 0) is 32.0 Å². The first-order valence-electron chi connectivity index (χ1n) is 10.9. The summed E-state index contributed by atoms with van der Waals surface area (Å²) in [6.07, 6.45) is 9.48. The smallest absolute Gasteiger partial charge is 0.250 e. The van der Waals surface area contributed by atoms with Crippen LogP contribution < -0.4 is 5.56 Å². The van der Waals surface area contributed by atoms with Crippen molar-refractivity contribution in [2.45, 2.75) is 44.4 Å². The second kappa shape index (κ2) is 9.57. The predicted octanol–water partition coefficient (Wildman–Crippen LogP) is 1.43. The van der Waals surface area contributed by atoms with Gasteiger partial charge >= 0.3 is 0 Å². The number of carbonyl (C=O) groups is 1. The predicted molar refractivity (Wildman–Crippen MR) is 113 cm³/mol. The maximum atomic E-state index is 13.2. The van der Waals surface area contributed by atoms with Crippen LogP contribution in [0.1, 0.15) is 37.3 Å². The number of aromatic nitrogens is 3. The van der Waals surface area contributed by atoms with Crippen molar-refractivity contribution in [1.82, 2.24) is 24.1 Å². The Morgan fingerprint density at radius 1 is 1.20 bits per heavy atom. The van der Waals surface area contributed by atoms with E-state index in [1.54, 1.807) is 21.5 Å². The maximum absolute atomic E-state index is 13.2. The third-order valence-corrected chi connectivity index (χ3v) is 6.09. The van der Waals surface area contributed by atoms with Gasteiger partial charge in [-0.2, -0.15) is 5.10 Å². The van der Waals surface area contributed by atoms with E-state index < -0.39 is 0 Å². The molecule has 2 aliphatic rings. The van der Waals surface area contributed by atoms with Crippen molar-refractivity contribution in [3.8, 4) is 0 Å². The van der Waals surface area contributed by atoms with Gasteiger partial charge in [-0.15, -0.1) is 0 Å². The molecule has 2 aromatic heterocycles. The standard InChI is InChI=1S/C22H31N5O3/c1-24-16-18(15-23-24)22-19(17-25-9-4-2-5-10-25)30-14-13-27(22)21(29)8-12-26-11-6-3-7-20(26)28/h3,6-7,11,15-16,19,22H,2,4-5,8-10,12-14,17H2,1H3/t19-,22-/m0/s1. The molecule has 4 rings (SSSR count). The van der Waals surface area contributed by atoms with E-state index in [1.807, 2.05) is 30.4 Å². The van der Waals surface area contributed by atoms with Gasteiger partial charge in [0.15, 0.2) is 0 Å². The zero-order valence-electron chi connectivity index (χ0n) is 17.7. The monoisotopic (exact) mass is 413 g/mol. The summed E-state index contributed by atoms with van der Waals surface area (Å²) in [5.41, 5.74) is 0.920. The van der Waals surface area contributed by atoms with E-state index in [4.69, 9.17) is 4.74 Å². The average Bonchev–Trinajstić information content (AvgIpc) is 3.19.